The Balaban J connectivity index is 1.78. The first-order chi connectivity index (χ1) is 9.31. The summed E-state index contributed by atoms with van der Waals surface area (Å²) in [5.74, 6) is 0.934. The van der Waals surface area contributed by atoms with E-state index in [4.69, 9.17) is 15.2 Å². The highest BCUT2D eigenvalue weighted by atomic mass is 16.5. The standard InChI is InChI=1S/C16H25NO2/c1-2-15(17)14-9-3-4-10-16(14)19-12-6-8-13-7-5-11-18-13/h3-4,9-10,13,15H,2,5-8,11-12,17H2,1H3. The first kappa shape index (κ1) is 14.4. The SMILES string of the molecule is CCC(N)c1ccccc1OCCCC1CCCO1. The monoisotopic (exact) mass is 263 g/mol. The van der Waals surface area contributed by atoms with Gasteiger partial charge >= 0.3 is 0 Å². The molecule has 2 unspecified atom stereocenters. The van der Waals surface area contributed by atoms with Crippen LogP contribution in [-0.2, 0) is 4.74 Å². The topological polar surface area (TPSA) is 44.5 Å². The van der Waals surface area contributed by atoms with Gasteiger partial charge < -0.3 is 15.2 Å². The lowest BCUT2D eigenvalue weighted by molar-refractivity contribution is 0.0980. The lowest BCUT2D eigenvalue weighted by Crippen LogP contribution is -2.12. The molecule has 0 amide bonds. The summed E-state index contributed by atoms with van der Waals surface area (Å²) in [7, 11) is 0. The van der Waals surface area contributed by atoms with Crippen LogP contribution in [0.1, 0.15) is 50.6 Å². The van der Waals surface area contributed by atoms with Crippen molar-refractivity contribution >= 4 is 0 Å². The highest BCUT2D eigenvalue weighted by molar-refractivity contribution is 5.35. The van der Waals surface area contributed by atoms with Crippen LogP contribution in [0.5, 0.6) is 5.75 Å². The van der Waals surface area contributed by atoms with Gasteiger partial charge in [0.15, 0.2) is 0 Å². The molecule has 2 N–H and O–H groups in total. The molecule has 3 nitrogen and oxygen atoms in total. The van der Waals surface area contributed by atoms with Gasteiger partial charge in [-0.3, -0.25) is 0 Å². The summed E-state index contributed by atoms with van der Waals surface area (Å²) < 4.78 is 11.5. The van der Waals surface area contributed by atoms with E-state index in [-0.39, 0.29) is 6.04 Å². The third-order valence-corrected chi connectivity index (χ3v) is 3.71. The zero-order chi connectivity index (χ0) is 13.5. The van der Waals surface area contributed by atoms with E-state index in [0.29, 0.717) is 6.10 Å². The summed E-state index contributed by atoms with van der Waals surface area (Å²) in [6, 6.07) is 8.15. The number of hydrogen-bond acceptors (Lipinski definition) is 3. The summed E-state index contributed by atoms with van der Waals surface area (Å²) in [5.41, 5.74) is 7.21. The van der Waals surface area contributed by atoms with Crippen molar-refractivity contribution in [2.45, 2.75) is 51.2 Å². The van der Waals surface area contributed by atoms with E-state index in [1.807, 2.05) is 18.2 Å². The molecule has 1 fully saturated rings. The van der Waals surface area contributed by atoms with E-state index < -0.39 is 0 Å². The molecule has 1 aliphatic rings. The van der Waals surface area contributed by atoms with Gasteiger partial charge in [0.1, 0.15) is 5.75 Å². The van der Waals surface area contributed by atoms with Gasteiger partial charge in [-0.05, 0) is 38.2 Å². The molecule has 0 bridgehead atoms. The summed E-state index contributed by atoms with van der Waals surface area (Å²) in [4.78, 5) is 0. The van der Waals surface area contributed by atoms with Gasteiger partial charge in [0.2, 0.25) is 0 Å². The minimum Gasteiger partial charge on any atom is -0.493 e. The van der Waals surface area contributed by atoms with Gasteiger partial charge in [-0.2, -0.15) is 0 Å². The first-order valence-electron chi connectivity index (χ1n) is 7.40. The molecule has 106 valence electrons. The maximum absolute atomic E-state index is 6.10. The molecular formula is C16H25NO2. The van der Waals surface area contributed by atoms with Crippen molar-refractivity contribution in [2.75, 3.05) is 13.2 Å². The Morgan fingerprint density at radius 1 is 1.42 bits per heavy atom. The van der Waals surface area contributed by atoms with Gasteiger partial charge in [0.05, 0.1) is 12.7 Å². The fraction of sp³-hybridized carbons (Fsp3) is 0.625. The van der Waals surface area contributed by atoms with Crippen molar-refractivity contribution in [1.82, 2.24) is 0 Å². The fourth-order valence-electron chi connectivity index (χ4n) is 2.50. The average Bonchev–Trinajstić information content (AvgIpc) is 2.96. The molecule has 2 atom stereocenters. The normalized spacial score (nSPS) is 20.4. The third kappa shape index (κ3) is 4.22. The second-order valence-corrected chi connectivity index (χ2v) is 5.18. The predicted octanol–water partition coefficient (Wildman–Crippen LogP) is 3.43. The number of benzene rings is 1. The van der Waals surface area contributed by atoms with Crippen LogP contribution in [-0.4, -0.2) is 19.3 Å². The molecule has 1 saturated heterocycles. The molecule has 0 spiro atoms. The number of nitrogens with two attached hydrogens (primary N) is 1. The average molecular weight is 263 g/mol. The fourth-order valence-corrected chi connectivity index (χ4v) is 2.50. The van der Waals surface area contributed by atoms with Crippen LogP contribution in [0.15, 0.2) is 24.3 Å². The molecule has 0 radical (unpaired) electrons. The molecule has 0 aromatic heterocycles. The summed E-state index contributed by atoms with van der Waals surface area (Å²) >= 11 is 0. The quantitative estimate of drug-likeness (QED) is 0.766. The maximum atomic E-state index is 6.10. The van der Waals surface area contributed by atoms with Crippen molar-refractivity contribution in [3.63, 3.8) is 0 Å². The Hall–Kier alpha value is -1.06. The lowest BCUT2D eigenvalue weighted by atomic mass is 10.0. The van der Waals surface area contributed by atoms with Gasteiger partial charge in [-0.1, -0.05) is 25.1 Å². The molecule has 1 heterocycles. The molecule has 0 aliphatic carbocycles. The van der Waals surface area contributed by atoms with Crippen molar-refractivity contribution in [3.8, 4) is 5.75 Å². The Kier molecular flexibility index (Phi) is 5.67. The highest BCUT2D eigenvalue weighted by Crippen LogP contribution is 2.25. The maximum Gasteiger partial charge on any atom is 0.124 e. The second-order valence-electron chi connectivity index (χ2n) is 5.18. The number of ether oxygens (including phenoxy) is 2. The van der Waals surface area contributed by atoms with Crippen LogP contribution in [0, 0.1) is 0 Å². The van der Waals surface area contributed by atoms with Crippen LogP contribution >= 0.6 is 0 Å². The minimum atomic E-state index is 0.0642. The Labute approximate surface area is 116 Å². The molecular weight excluding hydrogens is 238 g/mol. The Morgan fingerprint density at radius 3 is 3.00 bits per heavy atom. The van der Waals surface area contributed by atoms with Gasteiger partial charge in [-0.15, -0.1) is 0 Å². The van der Waals surface area contributed by atoms with E-state index in [1.54, 1.807) is 0 Å². The smallest absolute Gasteiger partial charge is 0.124 e. The molecule has 2 rings (SSSR count). The summed E-state index contributed by atoms with van der Waals surface area (Å²) in [6.07, 6.45) is 5.94. The zero-order valence-corrected chi connectivity index (χ0v) is 11.8. The molecule has 1 aromatic rings. The van der Waals surface area contributed by atoms with Crippen LogP contribution in [0.3, 0.4) is 0 Å². The second kappa shape index (κ2) is 7.51. The Morgan fingerprint density at radius 2 is 2.26 bits per heavy atom. The highest BCUT2D eigenvalue weighted by Gasteiger charge is 2.15. The minimum absolute atomic E-state index is 0.0642. The summed E-state index contributed by atoms with van der Waals surface area (Å²) in [6.45, 7) is 3.77. The van der Waals surface area contributed by atoms with Crippen LogP contribution < -0.4 is 10.5 Å². The Bertz CT molecular complexity index is 375. The molecule has 3 heteroatoms. The van der Waals surface area contributed by atoms with Crippen LogP contribution in [0.2, 0.25) is 0 Å². The van der Waals surface area contributed by atoms with Crippen molar-refractivity contribution < 1.29 is 9.47 Å². The number of para-hydroxylation sites is 1. The van der Waals surface area contributed by atoms with Crippen molar-refractivity contribution in [1.29, 1.82) is 0 Å². The number of rotatable bonds is 7. The van der Waals surface area contributed by atoms with E-state index in [0.717, 1.165) is 43.8 Å². The van der Waals surface area contributed by atoms with E-state index in [9.17, 15) is 0 Å². The largest absolute Gasteiger partial charge is 0.493 e. The molecule has 1 aliphatic heterocycles. The van der Waals surface area contributed by atoms with Gasteiger partial charge in [0, 0.05) is 18.2 Å². The van der Waals surface area contributed by atoms with Gasteiger partial charge in [-0.25, -0.2) is 0 Å². The molecule has 0 saturated carbocycles. The van der Waals surface area contributed by atoms with E-state index >= 15 is 0 Å². The molecule has 19 heavy (non-hydrogen) atoms. The van der Waals surface area contributed by atoms with Gasteiger partial charge in [0.25, 0.3) is 0 Å². The predicted molar refractivity (Wildman–Crippen MR) is 77.4 cm³/mol. The van der Waals surface area contributed by atoms with Crippen LogP contribution in [0.25, 0.3) is 0 Å². The van der Waals surface area contributed by atoms with Crippen molar-refractivity contribution in [3.05, 3.63) is 29.8 Å². The summed E-state index contributed by atoms with van der Waals surface area (Å²) in [5, 5.41) is 0. The third-order valence-electron chi connectivity index (χ3n) is 3.71. The zero-order valence-electron chi connectivity index (χ0n) is 11.8. The van der Waals surface area contributed by atoms with Crippen molar-refractivity contribution in [2.24, 2.45) is 5.73 Å². The first-order valence-corrected chi connectivity index (χ1v) is 7.40. The van der Waals surface area contributed by atoms with E-state index in [2.05, 4.69) is 13.0 Å². The van der Waals surface area contributed by atoms with E-state index in [1.165, 1.54) is 12.8 Å². The number of hydrogen-bond donors (Lipinski definition) is 1. The van der Waals surface area contributed by atoms with Crippen LogP contribution in [0.4, 0.5) is 0 Å². The lowest BCUT2D eigenvalue weighted by Gasteiger charge is -2.16. The molecule has 1 aromatic carbocycles.